The van der Waals surface area contributed by atoms with Crippen LogP contribution in [0.1, 0.15) is 41.0 Å². The maximum Gasteiger partial charge on any atom is 0.303 e. The summed E-state index contributed by atoms with van der Waals surface area (Å²) in [6.07, 6.45) is -4.18. The van der Waals surface area contributed by atoms with Gasteiger partial charge in [0.05, 0.1) is 6.10 Å². The van der Waals surface area contributed by atoms with Gasteiger partial charge in [-0.05, 0) is 6.42 Å². The second kappa shape index (κ2) is 9.36. The predicted molar refractivity (Wildman–Crippen MR) is 82.2 cm³/mol. The topological polar surface area (TPSA) is 114 Å². The highest BCUT2D eigenvalue weighted by molar-refractivity contribution is 5.68. The molecule has 9 nitrogen and oxygen atoms in total. The van der Waals surface area contributed by atoms with E-state index in [2.05, 4.69) is 0 Å². The minimum atomic E-state index is -1.09. The monoisotopic (exact) mass is 360 g/mol. The quantitative estimate of drug-likeness (QED) is 0.494. The molecular formula is C16H24O9. The van der Waals surface area contributed by atoms with Crippen molar-refractivity contribution in [1.29, 1.82) is 0 Å². The fraction of sp³-hybridized carbons (Fsp3) is 0.750. The molecule has 0 N–H and O–H groups in total. The van der Waals surface area contributed by atoms with Crippen molar-refractivity contribution >= 4 is 23.9 Å². The molecule has 0 aromatic carbocycles. The predicted octanol–water partition coefficient (Wildman–Crippen LogP) is 0.522. The Balaban J connectivity index is 3.18. The van der Waals surface area contributed by atoms with E-state index in [0.717, 1.165) is 0 Å². The lowest BCUT2D eigenvalue weighted by atomic mass is 9.93. The first-order valence-electron chi connectivity index (χ1n) is 7.96. The Morgan fingerprint density at radius 2 is 1.16 bits per heavy atom. The first-order chi connectivity index (χ1) is 11.6. The van der Waals surface area contributed by atoms with Crippen LogP contribution in [0.2, 0.25) is 0 Å². The standard InChI is InChI=1S/C16H24O9/c1-6-12-14(22-9(3)18)16(24-11(5)20)15(23-10(4)19)13(25-12)7-21-8(2)17/h12-16H,6-7H2,1-5H3/t12-,13+,14-,15-,16+/m0/s1. The molecular weight excluding hydrogens is 336 g/mol. The van der Waals surface area contributed by atoms with Gasteiger partial charge in [0.2, 0.25) is 0 Å². The third kappa shape index (κ3) is 6.33. The molecule has 1 aliphatic heterocycles. The summed E-state index contributed by atoms with van der Waals surface area (Å²) in [5.74, 6) is -2.41. The molecule has 1 aliphatic rings. The van der Waals surface area contributed by atoms with Crippen LogP contribution in [0.3, 0.4) is 0 Å². The molecule has 25 heavy (non-hydrogen) atoms. The molecule has 0 radical (unpaired) electrons. The molecule has 1 saturated heterocycles. The van der Waals surface area contributed by atoms with Gasteiger partial charge in [-0.2, -0.15) is 0 Å². The molecule has 0 saturated carbocycles. The van der Waals surface area contributed by atoms with Crippen LogP contribution in [-0.2, 0) is 42.9 Å². The van der Waals surface area contributed by atoms with Crippen LogP contribution in [0.5, 0.6) is 0 Å². The second-order valence-electron chi connectivity index (χ2n) is 5.65. The van der Waals surface area contributed by atoms with Gasteiger partial charge < -0.3 is 23.7 Å². The van der Waals surface area contributed by atoms with E-state index in [4.69, 9.17) is 23.7 Å². The van der Waals surface area contributed by atoms with Crippen molar-refractivity contribution in [3.8, 4) is 0 Å². The van der Waals surface area contributed by atoms with Gasteiger partial charge in [0.25, 0.3) is 0 Å². The van der Waals surface area contributed by atoms with Crippen molar-refractivity contribution in [1.82, 2.24) is 0 Å². The maximum absolute atomic E-state index is 11.5. The van der Waals surface area contributed by atoms with Gasteiger partial charge in [-0.25, -0.2) is 0 Å². The van der Waals surface area contributed by atoms with Gasteiger partial charge in [-0.3, -0.25) is 19.2 Å². The van der Waals surface area contributed by atoms with Crippen LogP contribution in [0.25, 0.3) is 0 Å². The number of hydrogen-bond donors (Lipinski definition) is 0. The molecule has 0 amide bonds. The van der Waals surface area contributed by atoms with Crippen molar-refractivity contribution in [2.45, 2.75) is 71.6 Å². The highest BCUT2D eigenvalue weighted by Crippen LogP contribution is 2.30. The molecule has 9 heteroatoms. The minimum Gasteiger partial charge on any atom is -0.463 e. The Labute approximate surface area is 145 Å². The minimum absolute atomic E-state index is 0.200. The van der Waals surface area contributed by atoms with Crippen LogP contribution >= 0.6 is 0 Å². The van der Waals surface area contributed by atoms with E-state index in [0.29, 0.717) is 6.42 Å². The third-order valence-electron chi connectivity index (χ3n) is 3.49. The lowest BCUT2D eigenvalue weighted by Crippen LogP contribution is -2.62. The van der Waals surface area contributed by atoms with Crippen molar-refractivity contribution in [3.63, 3.8) is 0 Å². The van der Waals surface area contributed by atoms with Crippen LogP contribution in [0, 0.1) is 0 Å². The van der Waals surface area contributed by atoms with Crippen LogP contribution in [0.4, 0.5) is 0 Å². The van der Waals surface area contributed by atoms with Gasteiger partial charge in [-0.15, -0.1) is 0 Å². The average molecular weight is 360 g/mol. The van der Waals surface area contributed by atoms with Crippen molar-refractivity contribution < 1.29 is 42.9 Å². The normalized spacial score (nSPS) is 28.6. The Morgan fingerprint density at radius 1 is 0.720 bits per heavy atom. The fourth-order valence-electron chi connectivity index (χ4n) is 2.65. The van der Waals surface area contributed by atoms with E-state index in [9.17, 15) is 19.2 Å². The van der Waals surface area contributed by atoms with E-state index >= 15 is 0 Å². The molecule has 1 fully saturated rings. The Bertz CT molecular complexity index is 516. The van der Waals surface area contributed by atoms with E-state index in [1.54, 1.807) is 6.92 Å². The average Bonchev–Trinajstić information content (AvgIpc) is 2.48. The van der Waals surface area contributed by atoms with Crippen molar-refractivity contribution in [3.05, 3.63) is 0 Å². The summed E-state index contributed by atoms with van der Waals surface area (Å²) in [5, 5.41) is 0. The van der Waals surface area contributed by atoms with Crippen LogP contribution in [-0.4, -0.2) is 61.0 Å². The number of carbonyl (C=O) groups excluding carboxylic acids is 4. The molecule has 0 bridgehead atoms. The van der Waals surface area contributed by atoms with Crippen LogP contribution in [0.15, 0.2) is 0 Å². The van der Waals surface area contributed by atoms with Gasteiger partial charge in [0.15, 0.2) is 18.3 Å². The summed E-state index contributed by atoms with van der Waals surface area (Å²) in [6.45, 7) is 6.40. The summed E-state index contributed by atoms with van der Waals surface area (Å²) in [6, 6.07) is 0. The molecule has 0 aromatic rings. The number of hydrogen-bond acceptors (Lipinski definition) is 9. The van der Waals surface area contributed by atoms with E-state index in [-0.39, 0.29) is 6.61 Å². The van der Waals surface area contributed by atoms with Gasteiger partial charge in [0.1, 0.15) is 12.7 Å². The number of carbonyl (C=O) groups is 4. The Hall–Kier alpha value is -2.16. The van der Waals surface area contributed by atoms with Gasteiger partial charge in [-0.1, -0.05) is 6.92 Å². The second-order valence-corrected chi connectivity index (χ2v) is 5.65. The highest BCUT2D eigenvalue weighted by atomic mass is 16.7. The number of ether oxygens (including phenoxy) is 5. The van der Waals surface area contributed by atoms with Gasteiger partial charge >= 0.3 is 23.9 Å². The fourth-order valence-corrected chi connectivity index (χ4v) is 2.65. The molecule has 0 aromatic heterocycles. The smallest absolute Gasteiger partial charge is 0.303 e. The Kier molecular flexibility index (Phi) is 7.82. The Morgan fingerprint density at radius 3 is 1.56 bits per heavy atom. The van der Waals surface area contributed by atoms with E-state index in [1.807, 2.05) is 0 Å². The number of rotatable bonds is 6. The molecule has 1 rings (SSSR count). The molecule has 1 heterocycles. The summed E-state index contributed by atoms with van der Waals surface area (Å²) >= 11 is 0. The molecule has 0 spiro atoms. The summed E-state index contributed by atoms with van der Waals surface area (Å²) < 4.78 is 26.5. The zero-order valence-corrected chi connectivity index (χ0v) is 15.0. The third-order valence-corrected chi connectivity index (χ3v) is 3.49. The van der Waals surface area contributed by atoms with Crippen molar-refractivity contribution in [2.24, 2.45) is 0 Å². The van der Waals surface area contributed by atoms with Crippen LogP contribution < -0.4 is 0 Å². The van der Waals surface area contributed by atoms with Crippen molar-refractivity contribution in [2.75, 3.05) is 6.61 Å². The van der Waals surface area contributed by atoms with E-state index in [1.165, 1.54) is 27.7 Å². The zero-order chi connectivity index (χ0) is 19.1. The maximum atomic E-state index is 11.5. The SMILES string of the molecule is CC[C@@H]1O[C@H](COC(C)=O)[C@H](OC(C)=O)[C@H](OC(C)=O)[C@H]1OC(C)=O. The summed E-state index contributed by atoms with van der Waals surface area (Å²) in [4.78, 5) is 45.5. The molecule has 5 atom stereocenters. The summed E-state index contributed by atoms with van der Waals surface area (Å²) in [5.41, 5.74) is 0. The molecule has 142 valence electrons. The lowest BCUT2D eigenvalue weighted by molar-refractivity contribution is -0.252. The zero-order valence-electron chi connectivity index (χ0n) is 15.0. The summed E-state index contributed by atoms with van der Waals surface area (Å²) in [7, 11) is 0. The van der Waals surface area contributed by atoms with Gasteiger partial charge in [0, 0.05) is 27.7 Å². The molecule has 0 unspecified atom stereocenters. The molecule has 0 aliphatic carbocycles. The first kappa shape index (κ1) is 20.9. The number of esters is 4. The lowest BCUT2D eigenvalue weighted by Gasteiger charge is -2.44. The van der Waals surface area contributed by atoms with E-state index < -0.39 is 54.4 Å². The highest BCUT2D eigenvalue weighted by Gasteiger charge is 2.51. The largest absolute Gasteiger partial charge is 0.463 e. The first-order valence-corrected chi connectivity index (χ1v) is 7.96.